The average Bonchev–Trinajstić information content (AvgIpc) is 2.77. The van der Waals surface area contributed by atoms with Crippen LogP contribution in [0.25, 0.3) is 0 Å². The van der Waals surface area contributed by atoms with Crippen LogP contribution in [0.1, 0.15) is 11.6 Å². The van der Waals surface area contributed by atoms with E-state index in [1.807, 2.05) is 54.6 Å². The van der Waals surface area contributed by atoms with Gasteiger partial charge in [-0.2, -0.15) is 0 Å². The molecule has 1 amide bonds. The number of carbonyl (C=O) groups excluding carboxylic acids is 1. The van der Waals surface area contributed by atoms with Gasteiger partial charge in [0, 0.05) is 31.9 Å². The number of anilines is 2. The first-order valence-corrected chi connectivity index (χ1v) is 10.3. The van der Waals surface area contributed by atoms with Gasteiger partial charge in [-0.15, -0.1) is 0 Å². The molecule has 154 valence electrons. The molecule has 0 bridgehead atoms. The number of rotatable bonds is 5. The molecule has 0 spiro atoms. The summed E-state index contributed by atoms with van der Waals surface area (Å²) in [4.78, 5) is 17.7. The number of benzene rings is 3. The second-order valence-electron chi connectivity index (χ2n) is 7.28. The van der Waals surface area contributed by atoms with Crippen LogP contribution in [0.5, 0.6) is 0 Å². The number of amides is 1. The van der Waals surface area contributed by atoms with E-state index in [9.17, 15) is 9.18 Å². The maximum atomic E-state index is 13.2. The van der Waals surface area contributed by atoms with E-state index in [2.05, 4.69) is 15.1 Å². The minimum atomic E-state index is -0.426. The smallest absolute Gasteiger partial charge is 0.246 e. The molecule has 3 aromatic rings. The lowest BCUT2D eigenvalue weighted by molar-refractivity contribution is -0.121. The summed E-state index contributed by atoms with van der Waals surface area (Å²) in [7, 11) is 0. The zero-order valence-electron chi connectivity index (χ0n) is 16.5. The van der Waals surface area contributed by atoms with Crippen molar-refractivity contribution >= 4 is 28.9 Å². The molecular weight excluding hydrogens is 401 g/mol. The zero-order valence-corrected chi connectivity index (χ0v) is 17.2. The molecule has 4 rings (SSSR count). The van der Waals surface area contributed by atoms with Crippen molar-refractivity contribution in [2.45, 2.75) is 6.04 Å². The SMILES string of the molecule is O=C(Nc1ccc(F)cc1)[C@H](c1ccccc1)N1CCN(c2ccccc2Cl)CC1. The molecule has 0 unspecified atom stereocenters. The van der Waals surface area contributed by atoms with Crippen molar-refractivity contribution in [3.63, 3.8) is 0 Å². The first-order valence-electron chi connectivity index (χ1n) is 9.97. The van der Waals surface area contributed by atoms with Gasteiger partial charge in [0.2, 0.25) is 5.91 Å². The van der Waals surface area contributed by atoms with Gasteiger partial charge in [-0.05, 0) is 42.0 Å². The zero-order chi connectivity index (χ0) is 20.9. The highest BCUT2D eigenvalue weighted by Gasteiger charge is 2.31. The Hall–Kier alpha value is -2.89. The number of carbonyl (C=O) groups is 1. The molecule has 1 N–H and O–H groups in total. The highest BCUT2D eigenvalue weighted by molar-refractivity contribution is 6.33. The van der Waals surface area contributed by atoms with Crippen LogP contribution < -0.4 is 10.2 Å². The molecule has 0 aromatic heterocycles. The number of halogens is 2. The van der Waals surface area contributed by atoms with Crippen LogP contribution in [-0.4, -0.2) is 37.0 Å². The highest BCUT2D eigenvalue weighted by Crippen LogP contribution is 2.29. The normalized spacial score (nSPS) is 15.6. The van der Waals surface area contributed by atoms with Crippen LogP contribution in [0.2, 0.25) is 5.02 Å². The number of hydrogen-bond donors (Lipinski definition) is 1. The quantitative estimate of drug-likeness (QED) is 0.628. The van der Waals surface area contributed by atoms with Crippen molar-refractivity contribution in [3.05, 3.63) is 95.3 Å². The predicted molar refractivity (Wildman–Crippen MR) is 119 cm³/mol. The number of piperazine rings is 1. The third-order valence-corrected chi connectivity index (χ3v) is 5.67. The Morgan fingerprint density at radius 3 is 2.17 bits per heavy atom. The Balaban J connectivity index is 1.51. The Morgan fingerprint density at radius 2 is 1.50 bits per heavy atom. The van der Waals surface area contributed by atoms with Gasteiger partial charge >= 0.3 is 0 Å². The van der Waals surface area contributed by atoms with E-state index in [4.69, 9.17) is 11.6 Å². The lowest BCUT2D eigenvalue weighted by Crippen LogP contribution is -2.50. The summed E-state index contributed by atoms with van der Waals surface area (Å²) in [6.07, 6.45) is 0. The van der Waals surface area contributed by atoms with Crippen LogP contribution in [0.4, 0.5) is 15.8 Å². The third-order valence-electron chi connectivity index (χ3n) is 5.35. The van der Waals surface area contributed by atoms with Crippen LogP contribution in [0, 0.1) is 5.82 Å². The van der Waals surface area contributed by atoms with Crippen LogP contribution in [-0.2, 0) is 4.79 Å². The number of hydrogen-bond acceptors (Lipinski definition) is 3. The Kier molecular flexibility index (Phi) is 6.31. The Morgan fingerprint density at radius 1 is 0.867 bits per heavy atom. The van der Waals surface area contributed by atoms with E-state index >= 15 is 0 Å². The fourth-order valence-electron chi connectivity index (χ4n) is 3.84. The first kappa shape index (κ1) is 20.4. The van der Waals surface area contributed by atoms with Crippen molar-refractivity contribution in [2.24, 2.45) is 0 Å². The van der Waals surface area contributed by atoms with E-state index < -0.39 is 6.04 Å². The van der Waals surface area contributed by atoms with E-state index in [1.165, 1.54) is 12.1 Å². The molecule has 1 aliphatic heterocycles. The maximum Gasteiger partial charge on any atom is 0.246 e. The molecular formula is C24H23ClFN3O. The molecule has 0 aliphatic carbocycles. The van der Waals surface area contributed by atoms with Crippen molar-refractivity contribution in [3.8, 4) is 0 Å². The van der Waals surface area contributed by atoms with E-state index in [0.29, 0.717) is 5.69 Å². The minimum absolute atomic E-state index is 0.126. The van der Waals surface area contributed by atoms with Gasteiger partial charge in [0.15, 0.2) is 0 Å². The lowest BCUT2D eigenvalue weighted by Gasteiger charge is -2.40. The summed E-state index contributed by atoms with van der Waals surface area (Å²) in [5.41, 5.74) is 2.53. The fraction of sp³-hybridized carbons (Fsp3) is 0.208. The number of nitrogens with one attached hydrogen (secondary N) is 1. The second-order valence-corrected chi connectivity index (χ2v) is 7.69. The minimum Gasteiger partial charge on any atom is -0.368 e. The molecule has 30 heavy (non-hydrogen) atoms. The number of nitrogens with zero attached hydrogens (tertiary/aromatic N) is 2. The molecule has 1 fully saturated rings. The van der Waals surface area contributed by atoms with Gasteiger partial charge < -0.3 is 10.2 Å². The summed E-state index contributed by atoms with van der Waals surface area (Å²) < 4.78 is 13.2. The Labute approximate surface area is 180 Å². The predicted octanol–water partition coefficient (Wildman–Crippen LogP) is 4.98. The third kappa shape index (κ3) is 4.64. The summed E-state index contributed by atoms with van der Waals surface area (Å²) in [6.45, 7) is 3.00. The molecule has 0 radical (unpaired) electrons. The summed E-state index contributed by atoms with van der Waals surface area (Å²) in [5.74, 6) is -0.456. The molecule has 0 saturated carbocycles. The second kappa shape index (κ2) is 9.28. The van der Waals surface area contributed by atoms with Crippen molar-refractivity contribution < 1.29 is 9.18 Å². The van der Waals surface area contributed by atoms with Crippen molar-refractivity contribution in [1.82, 2.24) is 4.90 Å². The lowest BCUT2D eigenvalue weighted by atomic mass is 10.0. The average molecular weight is 424 g/mol. The molecule has 6 heteroatoms. The van der Waals surface area contributed by atoms with Gasteiger partial charge in [0.05, 0.1) is 10.7 Å². The topological polar surface area (TPSA) is 35.6 Å². The van der Waals surface area contributed by atoms with Gasteiger partial charge in [0.1, 0.15) is 11.9 Å². The van der Waals surface area contributed by atoms with E-state index in [0.717, 1.165) is 42.5 Å². The molecule has 4 nitrogen and oxygen atoms in total. The van der Waals surface area contributed by atoms with Crippen molar-refractivity contribution in [2.75, 3.05) is 36.4 Å². The summed E-state index contributed by atoms with van der Waals surface area (Å²) in [5, 5.41) is 3.67. The molecule has 1 atom stereocenters. The molecule has 3 aromatic carbocycles. The molecule has 1 saturated heterocycles. The van der Waals surface area contributed by atoms with E-state index in [1.54, 1.807) is 12.1 Å². The summed E-state index contributed by atoms with van der Waals surface area (Å²) in [6, 6.07) is 23.0. The number of para-hydroxylation sites is 1. The first-order chi connectivity index (χ1) is 14.6. The summed E-state index contributed by atoms with van der Waals surface area (Å²) >= 11 is 6.36. The standard InChI is InChI=1S/C24H23ClFN3O/c25-21-8-4-5-9-22(21)28-14-16-29(17-15-28)23(18-6-2-1-3-7-18)24(30)27-20-12-10-19(26)11-13-20/h1-13,23H,14-17H2,(H,27,30)/t23-/m0/s1. The Bertz CT molecular complexity index is 989. The van der Waals surface area contributed by atoms with Gasteiger partial charge in [-0.25, -0.2) is 4.39 Å². The van der Waals surface area contributed by atoms with Gasteiger partial charge in [-0.1, -0.05) is 54.1 Å². The van der Waals surface area contributed by atoms with Gasteiger partial charge in [-0.3, -0.25) is 9.69 Å². The monoisotopic (exact) mass is 423 g/mol. The van der Waals surface area contributed by atoms with E-state index in [-0.39, 0.29) is 11.7 Å². The van der Waals surface area contributed by atoms with Crippen LogP contribution in [0.3, 0.4) is 0 Å². The largest absolute Gasteiger partial charge is 0.368 e. The van der Waals surface area contributed by atoms with Gasteiger partial charge in [0.25, 0.3) is 0 Å². The maximum absolute atomic E-state index is 13.2. The van der Waals surface area contributed by atoms with Crippen LogP contribution >= 0.6 is 11.6 Å². The van der Waals surface area contributed by atoms with Crippen LogP contribution in [0.15, 0.2) is 78.9 Å². The van der Waals surface area contributed by atoms with Crippen molar-refractivity contribution in [1.29, 1.82) is 0 Å². The fourth-order valence-corrected chi connectivity index (χ4v) is 4.09. The molecule has 1 aliphatic rings. The highest BCUT2D eigenvalue weighted by atomic mass is 35.5. The molecule has 1 heterocycles.